The second-order valence-electron chi connectivity index (χ2n) is 0. The maximum atomic E-state index is 8.38. The summed E-state index contributed by atoms with van der Waals surface area (Å²) in [6.45, 7) is 0. The Kier molecular flexibility index (Phi) is 165. The molecule has 0 radical (unpaired) electrons. The summed E-state index contributed by atoms with van der Waals surface area (Å²) in [7, 11) is 0. The van der Waals surface area contributed by atoms with Crippen LogP contribution in [0.15, 0.2) is 0 Å². The average molecular weight is 347 g/mol. The van der Waals surface area contributed by atoms with Crippen molar-refractivity contribution in [1.29, 1.82) is 0 Å². The Morgan fingerprint density at radius 2 is 1.20 bits per heavy atom. The van der Waals surface area contributed by atoms with Crippen LogP contribution in [0.25, 0.3) is 0 Å². The van der Waals surface area contributed by atoms with Crippen molar-refractivity contribution in [3.63, 3.8) is 0 Å². The molecule has 0 aliphatic rings. The number of hydrogen-bond acceptors (Lipinski definition) is 1. The van der Waals surface area contributed by atoms with Gasteiger partial charge in [0, 0.05) is 19.5 Å². The Morgan fingerprint density at radius 1 is 1.20 bits per heavy atom. The Hall–Kier alpha value is 2.47. The van der Waals surface area contributed by atoms with E-state index >= 15 is 0 Å². The summed E-state index contributed by atoms with van der Waals surface area (Å²) in [5.41, 5.74) is 0. The van der Waals surface area contributed by atoms with Gasteiger partial charge in [-0.1, -0.05) is 0 Å². The van der Waals surface area contributed by atoms with Gasteiger partial charge < -0.3 is 0 Å². The van der Waals surface area contributed by atoms with E-state index in [1.165, 1.54) is 0 Å². The fourth-order valence-electron chi connectivity index (χ4n) is 0. The zero-order chi connectivity index (χ0) is 2.00. The third-order valence-electron chi connectivity index (χ3n) is 0. The van der Waals surface area contributed by atoms with Crippen molar-refractivity contribution in [3.05, 3.63) is 0 Å². The van der Waals surface area contributed by atoms with Gasteiger partial charge in [0.25, 0.3) is 0 Å². The van der Waals surface area contributed by atoms with Crippen LogP contribution in [0, 0.1) is 0 Å². The molecule has 0 aliphatic carbocycles. The van der Waals surface area contributed by atoms with Gasteiger partial charge in [0.05, 0.1) is 0 Å². The second kappa shape index (κ2) is 31.7. The van der Waals surface area contributed by atoms with Gasteiger partial charge in [-0.25, -0.2) is 0 Å². The second-order valence-corrected chi connectivity index (χ2v) is 0. The molecule has 0 aromatic carbocycles. The number of hydrogen-bond donors (Lipinski definition) is 0. The zero-order valence-electron chi connectivity index (χ0n) is 1.82. The van der Waals surface area contributed by atoms with Crippen LogP contribution in [0.2, 0.25) is 0 Å². The molecular formula is H8GaGeInOZn. The minimum Gasteiger partial charge on any atom is 0 e. The van der Waals surface area contributed by atoms with Crippen LogP contribution in [0.4, 0.5) is 0 Å². The molecule has 0 spiro atoms. The first-order chi connectivity index (χ1) is 1.00. The van der Waals surface area contributed by atoms with E-state index in [1.54, 1.807) is 0 Å². The average Bonchev–Trinajstić information content (AvgIpc) is 1.00. The van der Waals surface area contributed by atoms with E-state index in [4.69, 9.17) is 3.78 Å². The summed E-state index contributed by atoms with van der Waals surface area (Å²) in [5, 5.41) is 0. The molecule has 0 saturated carbocycles. The largest absolute Gasteiger partial charge is 0 e. The molecule has 1 nitrogen and oxygen atoms in total. The van der Waals surface area contributed by atoms with Crippen molar-refractivity contribution in [2.75, 3.05) is 0 Å². The van der Waals surface area contributed by atoms with Gasteiger partial charge in [-0.05, 0) is 0 Å². The van der Waals surface area contributed by atoms with E-state index in [0.29, 0.717) is 0 Å². The molecule has 0 bridgehead atoms. The molecule has 0 heterocycles. The van der Waals surface area contributed by atoms with Gasteiger partial charge in [0.1, 0.15) is 0 Å². The Balaban J connectivity index is -0.00000000167. The van der Waals surface area contributed by atoms with Crippen molar-refractivity contribution in [2.45, 2.75) is 0 Å². The fraction of sp³-hybridized carbons (Fsp3) is 0. The van der Waals surface area contributed by atoms with E-state index in [-0.39, 0.29) is 81.6 Å². The molecule has 0 fully saturated rings. The van der Waals surface area contributed by atoms with E-state index in [1.807, 2.05) is 0 Å². The molecule has 0 atom stereocenters. The van der Waals surface area contributed by atoms with Gasteiger partial charge in [-0.3, -0.25) is 0 Å². The first-order valence-corrected chi connectivity index (χ1v) is 1.50. The van der Waals surface area contributed by atoms with Crippen molar-refractivity contribution in [3.8, 4) is 0 Å². The first kappa shape index (κ1) is 26.0. The van der Waals surface area contributed by atoms with Crippen LogP contribution in [0.1, 0.15) is 0 Å². The topological polar surface area (TPSA) is 17.1 Å². The van der Waals surface area contributed by atoms with Crippen LogP contribution in [0.5, 0.6) is 0 Å². The molecule has 0 aliphatic heterocycles. The van der Waals surface area contributed by atoms with Crippen molar-refractivity contribution in [2.24, 2.45) is 0 Å². The summed E-state index contributed by atoms with van der Waals surface area (Å²) in [6.07, 6.45) is 0. The maximum Gasteiger partial charge on any atom is 0 e. The molecule has 26 valence electrons. The van der Waals surface area contributed by atoms with E-state index in [9.17, 15) is 0 Å². The summed E-state index contributed by atoms with van der Waals surface area (Å²) < 4.78 is 8.38. The quantitative estimate of drug-likeness (QED) is 0.418. The Morgan fingerprint density at radius 3 is 1.20 bits per heavy atom. The van der Waals surface area contributed by atoms with Crippen LogP contribution >= 0.6 is 0 Å². The van der Waals surface area contributed by atoms with E-state index in [0.717, 1.165) is 0 Å². The molecule has 0 unspecified atom stereocenters. The van der Waals surface area contributed by atoms with Gasteiger partial charge in [0.15, 0.2) is 0 Å². The monoisotopic (exact) mass is 346 g/mol. The minimum atomic E-state index is 0. The van der Waals surface area contributed by atoms with Gasteiger partial charge in [0.2, 0.25) is 0 Å². The van der Waals surface area contributed by atoms with E-state index < -0.39 is 0 Å². The van der Waals surface area contributed by atoms with Gasteiger partial charge in [-0.2, -0.15) is 0 Å². The third kappa shape index (κ3) is 21.2. The normalized spacial score (nSPS) is 0.800. The molecule has 5 heavy (non-hydrogen) atoms. The predicted octanol–water partition coefficient (Wildman–Crippen LogP) is -3.41. The summed E-state index contributed by atoms with van der Waals surface area (Å²) in [6, 6.07) is 0. The first-order valence-electron chi connectivity index (χ1n) is 0.289. The van der Waals surface area contributed by atoms with Gasteiger partial charge in [-0.15, -0.1) is 0 Å². The van der Waals surface area contributed by atoms with Crippen LogP contribution in [-0.4, -0.2) is 62.1 Å². The van der Waals surface area contributed by atoms with Crippen molar-refractivity contribution >= 4 is 62.1 Å². The Bertz CT molecular complexity index is 11.6. The summed E-state index contributed by atoms with van der Waals surface area (Å²) in [5.74, 6) is 0. The molecule has 0 N–H and O–H groups in total. The molecule has 5 heteroatoms. The molecule has 0 saturated heterocycles. The van der Waals surface area contributed by atoms with Crippen LogP contribution in [-0.2, 0) is 23.3 Å². The molecule has 0 amide bonds. The van der Waals surface area contributed by atoms with Crippen molar-refractivity contribution in [1.82, 2.24) is 0 Å². The third-order valence-corrected chi connectivity index (χ3v) is 0. The molecule has 0 rings (SSSR count). The van der Waals surface area contributed by atoms with Crippen LogP contribution < -0.4 is 0 Å². The molecule has 0 aromatic heterocycles. The smallest absolute Gasteiger partial charge is 0 e. The Labute approximate surface area is 84.1 Å². The summed E-state index contributed by atoms with van der Waals surface area (Å²) >= 11 is 0.125. The number of rotatable bonds is 0. The van der Waals surface area contributed by atoms with Crippen molar-refractivity contribution < 1.29 is 23.3 Å². The van der Waals surface area contributed by atoms with Gasteiger partial charge >= 0.3 is 65.9 Å². The zero-order valence-corrected chi connectivity index (χ0v) is 7.76. The molecular weight excluding hydrogens is 339 g/mol. The minimum absolute atomic E-state index is 0. The fourth-order valence-corrected chi connectivity index (χ4v) is 0. The predicted molar refractivity (Wildman–Crippen MR) is 29.1 cm³/mol. The summed E-state index contributed by atoms with van der Waals surface area (Å²) in [4.78, 5) is 0. The van der Waals surface area contributed by atoms with E-state index in [2.05, 4.69) is 0 Å². The molecule has 0 aromatic rings. The SMILES string of the molecule is [GaH3].[InH3].[O]=[GeH2].[Zn]. The van der Waals surface area contributed by atoms with Crippen LogP contribution in [0.3, 0.4) is 0 Å². The standard InChI is InChI=1S/Ga.GeH2O.In.Zn.6H/c;1-2;;;;;;;;/h;1H2;;;;;;;;. The maximum absolute atomic E-state index is 8.38.